The average molecular weight is 339 g/mol. The topological polar surface area (TPSA) is 72.7 Å². The molecule has 0 aromatic carbocycles. The number of amides is 1. The Kier molecular flexibility index (Phi) is 5.57. The van der Waals surface area contributed by atoms with Crippen LogP contribution >= 0.6 is 23.1 Å². The highest BCUT2D eigenvalue weighted by molar-refractivity contribution is 8.01. The van der Waals surface area contributed by atoms with Crippen LogP contribution in [0.3, 0.4) is 0 Å². The summed E-state index contributed by atoms with van der Waals surface area (Å²) < 4.78 is 2.81. The Labute approximate surface area is 138 Å². The van der Waals surface area contributed by atoms with Crippen LogP contribution in [0.15, 0.2) is 23.1 Å². The van der Waals surface area contributed by atoms with E-state index in [9.17, 15) is 4.79 Å². The molecule has 6 nitrogen and oxygen atoms in total. The molecule has 0 aliphatic heterocycles. The third-order valence-corrected chi connectivity index (χ3v) is 5.14. The first kappa shape index (κ1) is 17.0. The average Bonchev–Trinajstić information content (AvgIpc) is 3.06. The first-order valence-corrected chi connectivity index (χ1v) is 8.83. The Bertz CT molecular complexity index is 603. The van der Waals surface area contributed by atoms with Gasteiger partial charge in [-0.2, -0.15) is 0 Å². The van der Waals surface area contributed by atoms with Crippen LogP contribution < -0.4 is 5.32 Å². The SMILES string of the molecule is Cc1nnc(SCC(=O)N[C@@H](Cn2ccnc2)C(C)(C)C)s1. The summed E-state index contributed by atoms with van der Waals surface area (Å²) in [6.45, 7) is 8.97. The lowest BCUT2D eigenvalue weighted by Crippen LogP contribution is -2.46. The van der Waals surface area contributed by atoms with E-state index >= 15 is 0 Å². The van der Waals surface area contributed by atoms with E-state index in [2.05, 4.69) is 41.3 Å². The van der Waals surface area contributed by atoms with Gasteiger partial charge in [-0.3, -0.25) is 4.79 Å². The van der Waals surface area contributed by atoms with Gasteiger partial charge >= 0.3 is 0 Å². The molecule has 2 heterocycles. The summed E-state index contributed by atoms with van der Waals surface area (Å²) in [5.41, 5.74) is -0.0378. The molecule has 0 saturated carbocycles. The minimum Gasteiger partial charge on any atom is -0.350 e. The predicted molar refractivity (Wildman–Crippen MR) is 89.0 cm³/mol. The molecule has 0 spiro atoms. The Morgan fingerprint density at radius 3 is 2.77 bits per heavy atom. The molecule has 1 amide bonds. The van der Waals surface area contributed by atoms with Gasteiger partial charge in [-0.1, -0.05) is 43.9 Å². The van der Waals surface area contributed by atoms with Crippen LogP contribution in [0.5, 0.6) is 0 Å². The first-order chi connectivity index (χ1) is 10.3. The molecule has 2 aromatic rings. The standard InChI is InChI=1S/C14H21N5OS2/c1-10-17-18-13(22-10)21-8-12(20)16-11(14(2,3)4)7-19-6-5-15-9-19/h5-6,9,11H,7-8H2,1-4H3,(H,16,20)/t11-/m0/s1. The lowest BCUT2D eigenvalue weighted by molar-refractivity contribution is -0.120. The van der Waals surface area contributed by atoms with Crippen molar-refractivity contribution in [1.82, 2.24) is 25.1 Å². The summed E-state index contributed by atoms with van der Waals surface area (Å²) in [6.07, 6.45) is 5.42. The second-order valence-corrected chi connectivity index (χ2v) is 8.53. The molecular weight excluding hydrogens is 318 g/mol. The van der Waals surface area contributed by atoms with Gasteiger partial charge in [-0.25, -0.2) is 4.98 Å². The van der Waals surface area contributed by atoms with E-state index in [1.165, 1.54) is 23.1 Å². The lowest BCUT2D eigenvalue weighted by Gasteiger charge is -2.31. The third-order valence-electron chi connectivity index (χ3n) is 3.17. The minimum atomic E-state index is -0.0378. The number of carbonyl (C=O) groups excluding carboxylic acids is 1. The molecule has 22 heavy (non-hydrogen) atoms. The minimum absolute atomic E-state index is 0.0119. The van der Waals surface area contributed by atoms with Crippen LogP contribution in [-0.2, 0) is 11.3 Å². The van der Waals surface area contributed by atoms with Gasteiger partial charge in [0, 0.05) is 18.9 Å². The van der Waals surface area contributed by atoms with E-state index in [1.54, 1.807) is 12.5 Å². The molecule has 1 N–H and O–H groups in total. The highest BCUT2D eigenvalue weighted by Crippen LogP contribution is 2.23. The van der Waals surface area contributed by atoms with Crippen LogP contribution in [0.25, 0.3) is 0 Å². The van der Waals surface area contributed by atoms with Crippen LogP contribution in [0.2, 0.25) is 0 Å². The molecule has 120 valence electrons. The molecule has 2 rings (SSSR count). The van der Waals surface area contributed by atoms with Crippen molar-refractivity contribution in [2.45, 2.75) is 44.6 Å². The largest absolute Gasteiger partial charge is 0.350 e. The predicted octanol–water partition coefficient (Wildman–Crippen LogP) is 2.37. The Morgan fingerprint density at radius 1 is 1.45 bits per heavy atom. The van der Waals surface area contributed by atoms with Gasteiger partial charge in [0.15, 0.2) is 4.34 Å². The van der Waals surface area contributed by atoms with Crippen LogP contribution in [0.4, 0.5) is 0 Å². The Morgan fingerprint density at radius 2 is 2.23 bits per heavy atom. The van der Waals surface area contributed by atoms with E-state index in [0.717, 1.165) is 9.35 Å². The number of carbonyl (C=O) groups is 1. The summed E-state index contributed by atoms with van der Waals surface area (Å²) >= 11 is 2.93. The van der Waals surface area contributed by atoms with Crippen molar-refractivity contribution in [3.63, 3.8) is 0 Å². The quantitative estimate of drug-likeness (QED) is 0.818. The molecule has 0 fully saturated rings. The van der Waals surface area contributed by atoms with Crippen LogP contribution in [0.1, 0.15) is 25.8 Å². The number of hydrogen-bond acceptors (Lipinski definition) is 6. The van der Waals surface area contributed by atoms with Crippen molar-refractivity contribution in [3.05, 3.63) is 23.7 Å². The summed E-state index contributed by atoms with van der Waals surface area (Å²) in [5, 5.41) is 12.0. The summed E-state index contributed by atoms with van der Waals surface area (Å²) in [6, 6.07) is 0.0333. The lowest BCUT2D eigenvalue weighted by atomic mass is 9.86. The Hall–Kier alpha value is -1.41. The zero-order valence-corrected chi connectivity index (χ0v) is 14.9. The van der Waals surface area contributed by atoms with Crippen molar-refractivity contribution >= 4 is 29.0 Å². The summed E-state index contributed by atoms with van der Waals surface area (Å²) in [4.78, 5) is 16.3. The maximum absolute atomic E-state index is 12.2. The van der Waals surface area contributed by atoms with Crippen LogP contribution in [-0.4, -0.2) is 37.5 Å². The molecule has 0 aliphatic rings. The number of aryl methyl sites for hydroxylation is 1. The van der Waals surface area contributed by atoms with Gasteiger partial charge in [-0.15, -0.1) is 10.2 Å². The fourth-order valence-corrected chi connectivity index (χ4v) is 3.47. The number of aromatic nitrogens is 4. The molecule has 1 atom stereocenters. The van der Waals surface area contributed by atoms with Gasteiger partial charge < -0.3 is 9.88 Å². The number of thioether (sulfide) groups is 1. The first-order valence-electron chi connectivity index (χ1n) is 7.02. The van der Waals surface area contributed by atoms with Crippen LogP contribution in [0, 0.1) is 12.3 Å². The zero-order chi connectivity index (χ0) is 16.2. The molecule has 0 aliphatic carbocycles. The van der Waals surface area contributed by atoms with E-state index in [-0.39, 0.29) is 17.4 Å². The number of nitrogens with one attached hydrogen (secondary N) is 1. The second kappa shape index (κ2) is 7.23. The monoisotopic (exact) mass is 339 g/mol. The van der Waals surface area contributed by atoms with E-state index in [1.807, 2.05) is 17.7 Å². The maximum atomic E-state index is 12.2. The number of rotatable bonds is 6. The molecule has 0 bridgehead atoms. The molecule has 0 radical (unpaired) electrons. The Balaban J connectivity index is 1.90. The normalized spacial score (nSPS) is 13.1. The number of nitrogens with zero attached hydrogens (tertiary/aromatic N) is 4. The zero-order valence-electron chi connectivity index (χ0n) is 13.2. The van der Waals surface area contributed by atoms with Gasteiger partial charge in [0.2, 0.25) is 5.91 Å². The molecule has 2 aromatic heterocycles. The van der Waals surface area contributed by atoms with E-state index < -0.39 is 0 Å². The highest BCUT2D eigenvalue weighted by Gasteiger charge is 2.26. The fourth-order valence-electron chi connectivity index (χ4n) is 1.84. The number of imidazole rings is 1. The van der Waals surface area contributed by atoms with Gasteiger partial charge in [0.1, 0.15) is 5.01 Å². The van der Waals surface area contributed by atoms with E-state index in [0.29, 0.717) is 12.3 Å². The third kappa shape index (κ3) is 5.10. The molecule has 8 heteroatoms. The summed E-state index contributed by atoms with van der Waals surface area (Å²) in [7, 11) is 0. The van der Waals surface area contributed by atoms with Gasteiger partial charge in [0.05, 0.1) is 18.1 Å². The van der Waals surface area contributed by atoms with Gasteiger partial charge in [0.25, 0.3) is 0 Å². The molecular formula is C14H21N5OS2. The van der Waals surface area contributed by atoms with Crippen molar-refractivity contribution in [2.75, 3.05) is 5.75 Å². The smallest absolute Gasteiger partial charge is 0.230 e. The van der Waals surface area contributed by atoms with Crippen molar-refractivity contribution in [1.29, 1.82) is 0 Å². The summed E-state index contributed by atoms with van der Waals surface area (Å²) in [5.74, 6) is 0.364. The van der Waals surface area contributed by atoms with Crippen molar-refractivity contribution in [2.24, 2.45) is 5.41 Å². The fraction of sp³-hybridized carbons (Fsp3) is 0.571. The highest BCUT2D eigenvalue weighted by atomic mass is 32.2. The molecule has 0 unspecified atom stereocenters. The second-order valence-electron chi connectivity index (χ2n) is 6.12. The van der Waals surface area contributed by atoms with E-state index in [4.69, 9.17) is 0 Å². The molecule has 0 saturated heterocycles. The van der Waals surface area contributed by atoms with Crippen molar-refractivity contribution in [3.8, 4) is 0 Å². The maximum Gasteiger partial charge on any atom is 0.230 e. The van der Waals surface area contributed by atoms with Gasteiger partial charge in [-0.05, 0) is 12.3 Å². The number of hydrogen-bond donors (Lipinski definition) is 1. The van der Waals surface area contributed by atoms with Crippen molar-refractivity contribution < 1.29 is 4.79 Å².